The van der Waals surface area contributed by atoms with Crippen molar-refractivity contribution in [2.24, 2.45) is 5.73 Å². The third-order valence-electron chi connectivity index (χ3n) is 4.37. The summed E-state index contributed by atoms with van der Waals surface area (Å²) in [6.45, 7) is 13.2. The largest absolute Gasteiger partial charge is 0.380 e. The standard InChI is InChI=1S/C18H30N4O2/c1-17(2,3)13-9-14(21-16(20-13)18(4,5)6)22-10-11(24-7)8-12(22)15(19)23/h9,11-12H,8,10H2,1-7H3,(H2,19,23)/t11-,12-/m0/s1. The van der Waals surface area contributed by atoms with Crippen LogP contribution in [0.4, 0.5) is 5.82 Å². The number of anilines is 1. The molecule has 1 aliphatic heterocycles. The summed E-state index contributed by atoms with van der Waals surface area (Å²) in [4.78, 5) is 23.4. The molecule has 2 heterocycles. The molecule has 6 heteroatoms. The van der Waals surface area contributed by atoms with Crippen LogP contribution in [0.3, 0.4) is 0 Å². The van der Waals surface area contributed by atoms with Crippen LogP contribution in [0, 0.1) is 0 Å². The van der Waals surface area contributed by atoms with E-state index in [0.717, 1.165) is 17.3 Å². The first-order valence-corrected chi connectivity index (χ1v) is 8.42. The van der Waals surface area contributed by atoms with E-state index in [1.54, 1.807) is 7.11 Å². The summed E-state index contributed by atoms with van der Waals surface area (Å²) in [5.41, 5.74) is 6.28. The zero-order valence-corrected chi connectivity index (χ0v) is 15.9. The van der Waals surface area contributed by atoms with Gasteiger partial charge in [-0.05, 0) is 0 Å². The normalized spacial score (nSPS) is 22.0. The van der Waals surface area contributed by atoms with Gasteiger partial charge in [-0.1, -0.05) is 41.5 Å². The van der Waals surface area contributed by atoms with E-state index < -0.39 is 6.04 Å². The van der Waals surface area contributed by atoms with E-state index in [1.807, 2.05) is 11.0 Å². The first-order chi connectivity index (χ1) is 10.9. The Balaban J connectivity index is 2.54. The molecule has 1 saturated heterocycles. The molecule has 1 fully saturated rings. The fourth-order valence-electron chi connectivity index (χ4n) is 2.79. The molecule has 2 atom stereocenters. The van der Waals surface area contributed by atoms with Crippen LogP contribution in [0.2, 0.25) is 0 Å². The molecule has 1 aromatic rings. The summed E-state index contributed by atoms with van der Waals surface area (Å²) >= 11 is 0. The van der Waals surface area contributed by atoms with Gasteiger partial charge in [0, 0.05) is 37.0 Å². The van der Waals surface area contributed by atoms with Gasteiger partial charge >= 0.3 is 0 Å². The Morgan fingerprint density at radius 1 is 1.21 bits per heavy atom. The Labute approximate surface area is 144 Å². The van der Waals surface area contributed by atoms with E-state index in [2.05, 4.69) is 41.5 Å². The Morgan fingerprint density at radius 3 is 2.29 bits per heavy atom. The number of aromatic nitrogens is 2. The second-order valence-electron chi connectivity index (χ2n) is 8.60. The van der Waals surface area contributed by atoms with Gasteiger partial charge in [-0.2, -0.15) is 0 Å². The van der Waals surface area contributed by atoms with Crippen LogP contribution in [0.5, 0.6) is 0 Å². The molecule has 2 rings (SSSR count). The van der Waals surface area contributed by atoms with Gasteiger partial charge in [-0.15, -0.1) is 0 Å². The van der Waals surface area contributed by atoms with E-state index in [4.69, 9.17) is 20.4 Å². The van der Waals surface area contributed by atoms with Crippen LogP contribution in [0.1, 0.15) is 59.5 Å². The minimum atomic E-state index is -0.398. The van der Waals surface area contributed by atoms with Gasteiger partial charge in [0.2, 0.25) is 5.91 Å². The number of amides is 1. The number of carbonyl (C=O) groups excluding carboxylic acids is 1. The number of hydrogen-bond acceptors (Lipinski definition) is 5. The number of rotatable bonds is 3. The first kappa shape index (κ1) is 18.6. The van der Waals surface area contributed by atoms with E-state index in [0.29, 0.717) is 13.0 Å². The van der Waals surface area contributed by atoms with E-state index in [-0.39, 0.29) is 22.8 Å². The molecule has 1 amide bonds. The Kier molecular flexibility index (Phi) is 4.91. The lowest BCUT2D eigenvalue weighted by Gasteiger charge is -2.28. The van der Waals surface area contributed by atoms with Gasteiger partial charge in [0.15, 0.2) is 0 Å². The molecule has 0 spiro atoms. The van der Waals surface area contributed by atoms with Gasteiger partial charge in [-0.3, -0.25) is 4.79 Å². The smallest absolute Gasteiger partial charge is 0.240 e. The molecule has 134 valence electrons. The highest BCUT2D eigenvalue weighted by atomic mass is 16.5. The summed E-state index contributed by atoms with van der Waals surface area (Å²) in [6.07, 6.45) is 0.569. The topological polar surface area (TPSA) is 81.3 Å². The predicted molar refractivity (Wildman–Crippen MR) is 95.2 cm³/mol. The fraction of sp³-hybridized carbons (Fsp3) is 0.722. The molecular formula is C18H30N4O2. The highest BCUT2D eigenvalue weighted by Crippen LogP contribution is 2.31. The van der Waals surface area contributed by atoms with Crippen LogP contribution >= 0.6 is 0 Å². The van der Waals surface area contributed by atoms with Crippen molar-refractivity contribution >= 4 is 11.7 Å². The van der Waals surface area contributed by atoms with Crippen molar-refractivity contribution in [3.8, 4) is 0 Å². The molecule has 0 aliphatic carbocycles. The summed E-state index contributed by atoms with van der Waals surface area (Å²) in [6, 6.07) is 1.58. The maximum atomic E-state index is 11.9. The number of hydrogen-bond donors (Lipinski definition) is 1. The molecular weight excluding hydrogens is 304 g/mol. The van der Waals surface area contributed by atoms with Gasteiger partial charge in [0.25, 0.3) is 0 Å². The zero-order chi connectivity index (χ0) is 18.3. The highest BCUT2D eigenvalue weighted by Gasteiger charge is 2.37. The van der Waals surface area contributed by atoms with Crippen molar-refractivity contribution in [2.45, 2.75) is 70.9 Å². The summed E-state index contributed by atoms with van der Waals surface area (Å²) in [5.74, 6) is 1.18. The maximum absolute atomic E-state index is 11.9. The van der Waals surface area contributed by atoms with Crippen LogP contribution in [0.15, 0.2) is 6.07 Å². The number of primary amides is 1. The van der Waals surface area contributed by atoms with Crippen LogP contribution in [-0.4, -0.2) is 41.7 Å². The van der Waals surface area contributed by atoms with Crippen LogP contribution in [-0.2, 0) is 20.4 Å². The summed E-state index contributed by atoms with van der Waals surface area (Å²) < 4.78 is 5.45. The molecule has 0 aromatic carbocycles. The third kappa shape index (κ3) is 3.86. The number of ether oxygens (including phenoxy) is 1. The van der Waals surface area contributed by atoms with Crippen molar-refractivity contribution in [1.29, 1.82) is 0 Å². The lowest BCUT2D eigenvalue weighted by Crippen LogP contribution is -2.41. The third-order valence-corrected chi connectivity index (χ3v) is 4.37. The molecule has 1 aliphatic rings. The molecule has 0 bridgehead atoms. The van der Waals surface area contributed by atoms with Gasteiger partial charge < -0.3 is 15.4 Å². The SMILES string of the molecule is CO[C@H]1C[C@@H](C(N)=O)N(c2cc(C(C)(C)C)nc(C(C)(C)C)n2)C1. The lowest BCUT2D eigenvalue weighted by atomic mass is 9.90. The molecule has 0 radical (unpaired) electrons. The van der Waals surface area contributed by atoms with E-state index in [1.165, 1.54) is 0 Å². The molecule has 6 nitrogen and oxygen atoms in total. The highest BCUT2D eigenvalue weighted by molar-refractivity contribution is 5.84. The number of methoxy groups -OCH3 is 1. The summed E-state index contributed by atoms with van der Waals surface area (Å²) in [7, 11) is 1.66. The van der Waals surface area contributed by atoms with Crippen molar-refractivity contribution in [3.63, 3.8) is 0 Å². The number of nitrogens with zero attached hydrogens (tertiary/aromatic N) is 3. The Hall–Kier alpha value is -1.69. The van der Waals surface area contributed by atoms with Crippen LogP contribution in [0.25, 0.3) is 0 Å². The van der Waals surface area contributed by atoms with E-state index in [9.17, 15) is 4.79 Å². The van der Waals surface area contributed by atoms with Gasteiger partial charge in [0.1, 0.15) is 17.7 Å². The molecule has 0 unspecified atom stereocenters. The van der Waals surface area contributed by atoms with Crippen molar-refractivity contribution < 1.29 is 9.53 Å². The molecule has 1 aromatic heterocycles. The quantitative estimate of drug-likeness (QED) is 0.916. The molecule has 2 N–H and O–H groups in total. The average molecular weight is 334 g/mol. The lowest BCUT2D eigenvalue weighted by molar-refractivity contribution is -0.119. The van der Waals surface area contributed by atoms with Crippen molar-refractivity contribution in [3.05, 3.63) is 17.6 Å². The molecule has 24 heavy (non-hydrogen) atoms. The number of nitrogens with two attached hydrogens (primary N) is 1. The van der Waals surface area contributed by atoms with Gasteiger partial charge in [-0.25, -0.2) is 9.97 Å². The van der Waals surface area contributed by atoms with Crippen molar-refractivity contribution in [2.75, 3.05) is 18.6 Å². The second-order valence-corrected chi connectivity index (χ2v) is 8.60. The summed E-state index contributed by atoms with van der Waals surface area (Å²) in [5, 5.41) is 0. The second kappa shape index (κ2) is 6.31. The Morgan fingerprint density at radius 2 is 1.83 bits per heavy atom. The fourth-order valence-corrected chi connectivity index (χ4v) is 2.79. The minimum Gasteiger partial charge on any atom is -0.380 e. The zero-order valence-electron chi connectivity index (χ0n) is 15.9. The molecule has 0 saturated carbocycles. The van der Waals surface area contributed by atoms with Crippen molar-refractivity contribution in [1.82, 2.24) is 9.97 Å². The van der Waals surface area contributed by atoms with Gasteiger partial charge in [0.05, 0.1) is 11.8 Å². The first-order valence-electron chi connectivity index (χ1n) is 8.42. The predicted octanol–water partition coefficient (Wildman–Crippen LogP) is 2.15. The maximum Gasteiger partial charge on any atom is 0.240 e. The average Bonchev–Trinajstić information content (AvgIpc) is 2.89. The van der Waals surface area contributed by atoms with Crippen LogP contribution < -0.4 is 10.6 Å². The minimum absolute atomic E-state index is 0.0198. The van der Waals surface area contributed by atoms with E-state index >= 15 is 0 Å². The monoisotopic (exact) mass is 334 g/mol. The Bertz CT molecular complexity index is 584. The number of carbonyl (C=O) groups is 1.